The van der Waals surface area contributed by atoms with Crippen LogP contribution < -0.4 is 21.7 Å². The van der Waals surface area contributed by atoms with E-state index in [1.807, 2.05) is 4.90 Å². The summed E-state index contributed by atoms with van der Waals surface area (Å²) in [4.78, 5) is 32.8. The van der Waals surface area contributed by atoms with Crippen molar-refractivity contribution in [3.63, 3.8) is 0 Å². The molecule has 9 heteroatoms. The van der Waals surface area contributed by atoms with Gasteiger partial charge in [-0.3, -0.25) is 4.79 Å². The van der Waals surface area contributed by atoms with Crippen molar-refractivity contribution in [3.05, 3.63) is 11.9 Å². The Bertz CT molecular complexity index is 657. The molecule has 6 N–H and O–H groups in total. The summed E-state index contributed by atoms with van der Waals surface area (Å²) < 4.78 is 0. The number of piperidine rings is 1. The molecule has 1 saturated carbocycles. The quantitative estimate of drug-likeness (QED) is 0.631. The molecule has 1 saturated heterocycles. The first-order chi connectivity index (χ1) is 11.4. The highest BCUT2D eigenvalue weighted by atomic mass is 16.4. The van der Waals surface area contributed by atoms with E-state index in [1.165, 1.54) is 6.20 Å². The SMILES string of the molecule is NC(=O)c1ncc(N)nc1N1CCC2(CCCC2NC(=O)O)CC1. The summed E-state index contributed by atoms with van der Waals surface area (Å²) in [5.41, 5.74) is 11.2. The van der Waals surface area contributed by atoms with Crippen LogP contribution in [0.2, 0.25) is 0 Å². The zero-order valence-electron chi connectivity index (χ0n) is 13.4. The number of nitrogens with two attached hydrogens (primary N) is 2. The molecule has 24 heavy (non-hydrogen) atoms. The molecular weight excluding hydrogens is 312 g/mol. The van der Waals surface area contributed by atoms with Crippen molar-refractivity contribution in [2.75, 3.05) is 23.7 Å². The number of aromatic nitrogens is 2. The van der Waals surface area contributed by atoms with Gasteiger partial charge in [0.1, 0.15) is 5.82 Å². The van der Waals surface area contributed by atoms with Crippen LogP contribution in [0.5, 0.6) is 0 Å². The van der Waals surface area contributed by atoms with Crippen molar-refractivity contribution in [2.24, 2.45) is 11.1 Å². The second-order valence-electron chi connectivity index (χ2n) is 6.58. The summed E-state index contributed by atoms with van der Waals surface area (Å²) in [5.74, 6) is 0.0173. The number of amides is 2. The fraction of sp³-hybridized carbons (Fsp3) is 0.600. The smallest absolute Gasteiger partial charge is 0.404 e. The third kappa shape index (κ3) is 2.93. The van der Waals surface area contributed by atoms with Crippen LogP contribution in [0.15, 0.2) is 6.20 Å². The predicted molar refractivity (Wildman–Crippen MR) is 87.6 cm³/mol. The van der Waals surface area contributed by atoms with E-state index < -0.39 is 12.0 Å². The van der Waals surface area contributed by atoms with Gasteiger partial charge < -0.3 is 26.8 Å². The van der Waals surface area contributed by atoms with Gasteiger partial charge in [0.05, 0.1) is 6.20 Å². The second-order valence-corrected chi connectivity index (χ2v) is 6.58. The fourth-order valence-electron chi connectivity index (χ4n) is 4.06. The Kier molecular flexibility index (Phi) is 4.16. The minimum Gasteiger partial charge on any atom is -0.465 e. The molecule has 2 aliphatic rings. The topological polar surface area (TPSA) is 147 Å². The Morgan fingerprint density at radius 2 is 2.04 bits per heavy atom. The van der Waals surface area contributed by atoms with Gasteiger partial charge in [-0.15, -0.1) is 0 Å². The highest BCUT2D eigenvalue weighted by Gasteiger charge is 2.45. The molecule has 1 aliphatic carbocycles. The first-order valence-corrected chi connectivity index (χ1v) is 8.08. The molecule has 0 aromatic carbocycles. The van der Waals surface area contributed by atoms with E-state index in [0.29, 0.717) is 18.9 Å². The Labute approximate surface area is 139 Å². The van der Waals surface area contributed by atoms with Crippen LogP contribution in [0.3, 0.4) is 0 Å². The van der Waals surface area contributed by atoms with Crippen molar-refractivity contribution in [3.8, 4) is 0 Å². The Balaban J connectivity index is 1.77. The van der Waals surface area contributed by atoms with Crippen LogP contribution in [0, 0.1) is 5.41 Å². The third-order valence-electron chi connectivity index (χ3n) is 5.27. The normalized spacial score (nSPS) is 22.5. The van der Waals surface area contributed by atoms with E-state index in [9.17, 15) is 9.59 Å². The standard InChI is InChI=1S/C15H22N6O3/c16-10-8-18-11(12(17)22)13(20-10)21-6-4-15(5-7-21)3-1-2-9(15)19-14(23)24/h8-9,19H,1-7H2,(H2,16,20)(H2,17,22)(H,23,24). The molecule has 1 unspecified atom stereocenters. The van der Waals surface area contributed by atoms with Crippen LogP contribution in [-0.4, -0.2) is 46.2 Å². The molecule has 2 heterocycles. The van der Waals surface area contributed by atoms with Crippen molar-refractivity contribution in [2.45, 2.75) is 38.1 Å². The molecule has 0 radical (unpaired) electrons. The second kappa shape index (κ2) is 6.14. The number of nitrogens with one attached hydrogen (secondary N) is 1. The number of rotatable bonds is 3. The maximum atomic E-state index is 11.6. The maximum Gasteiger partial charge on any atom is 0.404 e. The summed E-state index contributed by atoms with van der Waals surface area (Å²) >= 11 is 0. The van der Waals surface area contributed by atoms with Gasteiger partial charge >= 0.3 is 6.09 Å². The number of carboxylic acid groups (broad SMARTS) is 1. The molecule has 9 nitrogen and oxygen atoms in total. The van der Waals surface area contributed by atoms with Crippen molar-refractivity contribution < 1.29 is 14.7 Å². The van der Waals surface area contributed by atoms with Crippen molar-refractivity contribution in [1.29, 1.82) is 0 Å². The molecule has 1 aromatic heterocycles. The van der Waals surface area contributed by atoms with Crippen molar-refractivity contribution >= 4 is 23.6 Å². The number of primary amides is 1. The molecule has 1 aromatic rings. The number of hydrogen-bond donors (Lipinski definition) is 4. The lowest BCUT2D eigenvalue weighted by atomic mass is 9.74. The largest absolute Gasteiger partial charge is 0.465 e. The van der Waals surface area contributed by atoms with Crippen LogP contribution in [0.25, 0.3) is 0 Å². The molecule has 1 spiro atoms. The van der Waals surface area contributed by atoms with E-state index in [1.54, 1.807) is 0 Å². The molecule has 2 amide bonds. The van der Waals surface area contributed by atoms with Gasteiger partial charge in [0.2, 0.25) is 0 Å². The van der Waals surface area contributed by atoms with Crippen LogP contribution >= 0.6 is 0 Å². The summed E-state index contributed by atoms with van der Waals surface area (Å²) in [6.07, 6.45) is 4.91. The van der Waals surface area contributed by atoms with E-state index in [4.69, 9.17) is 16.6 Å². The Hall–Kier alpha value is -2.58. The van der Waals surface area contributed by atoms with Gasteiger partial charge in [-0.1, -0.05) is 6.42 Å². The zero-order valence-corrected chi connectivity index (χ0v) is 13.4. The number of nitrogens with zero attached hydrogens (tertiary/aromatic N) is 3. The van der Waals surface area contributed by atoms with Gasteiger partial charge in [-0.2, -0.15) is 0 Å². The molecule has 130 valence electrons. The van der Waals surface area contributed by atoms with E-state index in [-0.39, 0.29) is 23.0 Å². The van der Waals surface area contributed by atoms with Gasteiger partial charge in [0.25, 0.3) is 5.91 Å². The first-order valence-electron chi connectivity index (χ1n) is 8.08. The first kappa shape index (κ1) is 16.3. The minimum atomic E-state index is -0.971. The molecule has 1 atom stereocenters. The highest BCUT2D eigenvalue weighted by molar-refractivity contribution is 5.95. The molecule has 0 bridgehead atoms. The number of anilines is 2. The monoisotopic (exact) mass is 334 g/mol. The summed E-state index contributed by atoms with van der Waals surface area (Å²) in [7, 11) is 0. The Morgan fingerprint density at radius 1 is 1.33 bits per heavy atom. The summed E-state index contributed by atoms with van der Waals surface area (Å²) in [6, 6.07) is -0.0142. The number of carbonyl (C=O) groups is 2. The lowest BCUT2D eigenvalue weighted by Gasteiger charge is -2.43. The van der Waals surface area contributed by atoms with Gasteiger partial charge in [-0.25, -0.2) is 14.8 Å². The molecule has 1 aliphatic heterocycles. The van der Waals surface area contributed by atoms with Gasteiger partial charge in [-0.05, 0) is 31.1 Å². The molecule has 3 rings (SSSR count). The molecular formula is C15H22N6O3. The van der Waals surface area contributed by atoms with Gasteiger partial charge in [0.15, 0.2) is 11.5 Å². The van der Waals surface area contributed by atoms with Crippen LogP contribution in [0.4, 0.5) is 16.4 Å². The predicted octanol–water partition coefficient (Wildman–Crippen LogP) is 0.564. The Morgan fingerprint density at radius 3 is 2.67 bits per heavy atom. The molecule has 2 fully saturated rings. The number of carbonyl (C=O) groups excluding carboxylic acids is 1. The van der Waals surface area contributed by atoms with E-state index in [0.717, 1.165) is 32.1 Å². The van der Waals surface area contributed by atoms with Gasteiger partial charge in [0, 0.05) is 19.1 Å². The lowest BCUT2D eigenvalue weighted by molar-refractivity contribution is 0.0995. The van der Waals surface area contributed by atoms with Crippen LogP contribution in [0.1, 0.15) is 42.6 Å². The van der Waals surface area contributed by atoms with E-state index in [2.05, 4.69) is 15.3 Å². The fourth-order valence-corrected chi connectivity index (χ4v) is 4.06. The van der Waals surface area contributed by atoms with Crippen molar-refractivity contribution in [1.82, 2.24) is 15.3 Å². The maximum absolute atomic E-state index is 11.6. The average molecular weight is 334 g/mol. The third-order valence-corrected chi connectivity index (χ3v) is 5.27. The number of hydrogen-bond acceptors (Lipinski definition) is 6. The van der Waals surface area contributed by atoms with Crippen LogP contribution in [-0.2, 0) is 0 Å². The van der Waals surface area contributed by atoms with E-state index >= 15 is 0 Å². The summed E-state index contributed by atoms with van der Waals surface area (Å²) in [6.45, 7) is 1.33. The minimum absolute atomic E-state index is 0.0142. The summed E-state index contributed by atoms with van der Waals surface area (Å²) in [5, 5.41) is 11.7. The highest BCUT2D eigenvalue weighted by Crippen LogP contribution is 2.47. The zero-order chi connectivity index (χ0) is 17.3. The lowest BCUT2D eigenvalue weighted by Crippen LogP contribution is -2.50. The number of nitrogen functional groups attached to an aromatic ring is 1. The average Bonchev–Trinajstić information content (AvgIpc) is 2.89.